The van der Waals surface area contributed by atoms with E-state index in [1.165, 1.54) is 19.3 Å². The summed E-state index contributed by atoms with van der Waals surface area (Å²) in [5, 5.41) is 0. The first kappa shape index (κ1) is 12.7. The lowest BCUT2D eigenvalue weighted by Gasteiger charge is -2.60. The summed E-state index contributed by atoms with van der Waals surface area (Å²) >= 11 is 0. The summed E-state index contributed by atoms with van der Waals surface area (Å²) in [7, 11) is 0. The van der Waals surface area contributed by atoms with Crippen LogP contribution < -0.4 is 0 Å². The average Bonchev–Trinajstić information content (AvgIpc) is 2.83. The summed E-state index contributed by atoms with van der Waals surface area (Å²) in [4.78, 5) is 13.1. The van der Waals surface area contributed by atoms with Crippen LogP contribution in [0.3, 0.4) is 0 Å². The van der Waals surface area contributed by atoms with Gasteiger partial charge in [-0.05, 0) is 67.9 Å². The Morgan fingerprint density at radius 3 is 2.50 bits per heavy atom. The van der Waals surface area contributed by atoms with E-state index in [0.29, 0.717) is 17.0 Å². The molecule has 0 N–H and O–H groups in total. The molecule has 0 amide bonds. The maximum atomic E-state index is 13.1. The molecular formula is C18H24O2. The highest BCUT2D eigenvalue weighted by Gasteiger charge is 2.59. The Bertz CT molecular complexity index is 540. The van der Waals surface area contributed by atoms with Gasteiger partial charge in [-0.25, -0.2) is 0 Å². The number of rotatable bonds is 3. The van der Waals surface area contributed by atoms with Crippen molar-refractivity contribution in [2.45, 2.75) is 58.8 Å². The Hall–Kier alpha value is -1.05. The van der Waals surface area contributed by atoms with Gasteiger partial charge >= 0.3 is 0 Å². The van der Waals surface area contributed by atoms with E-state index < -0.39 is 0 Å². The van der Waals surface area contributed by atoms with Crippen LogP contribution in [0.5, 0.6) is 0 Å². The second-order valence-corrected chi connectivity index (χ2v) is 8.00. The van der Waals surface area contributed by atoms with Gasteiger partial charge in [0.25, 0.3) is 0 Å². The summed E-state index contributed by atoms with van der Waals surface area (Å²) in [5.74, 6) is 3.42. The summed E-state index contributed by atoms with van der Waals surface area (Å²) in [6.45, 7) is 4.48. The second-order valence-electron chi connectivity index (χ2n) is 8.00. The third-order valence-corrected chi connectivity index (χ3v) is 6.07. The monoisotopic (exact) mass is 272 g/mol. The van der Waals surface area contributed by atoms with Crippen molar-refractivity contribution >= 4 is 5.78 Å². The molecule has 0 radical (unpaired) electrons. The highest BCUT2D eigenvalue weighted by Crippen LogP contribution is 2.65. The average molecular weight is 272 g/mol. The van der Waals surface area contributed by atoms with E-state index in [2.05, 4.69) is 13.8 Å². The van der Waals surface area contributed by atoms with Crippen LogP contribution in [0, 0.1) is 22.7 Å². The zero-order chi connectivity index (χ0) is 14.0. The highest BCUT2D eigenvalue weighted by molar-refractivity contribution is 5.98. The maximum absolute atomic E-state index is 13.1. The van der Waals surface area contributed by atoms with Gasteiger partial charge in [-0.1, -0.05) is 13.8 Å². The molecule has 0 aliphatic heterocycles. The number of furan rings is 1. The fourth-order valence-corrected chi connectivity index (χ4v) is 5.94. The lowest BCUT2D eigenvalue weighted by atomic mass is 9.43. The van der Waals surface area contributed by atoms with Crippen molar-refractivity contribution in [2.75, 3.05) is 0 Å². The number of carbonyl (C=O) groups is 1. The van der Waals surface area contributed by atoms with Crippen LogP contribution in [0.1, 0.15) is 68.7 Å². The van der Waals surface area contributed by atoms with E-state index in [9.17, 15) is 4.79 Å². The van der Waals surface area contributed by atoms with Gasteiger partial charge in [0.2, 0.25) is 5.78 Å². The van der Waals surface area contributed by atoms with Crippen molar-refractivity contribution in [2.24, 2.45) is 22.7 Å². The molecule has 20 heavy (non-hydrogen) atoms. The molecule has 5 rings (SSSR count). The first-order chi connectivity index (χ1) is 9.52. The number of aryl methyl sites for hydroxylation is 1. The molecule has 0 saturated heterocycles. The molecule has 1 heterocycles. The minimum atomic E-state index is -0.0955. The van der Waals surface area contributed by atoms with Gasteiger partial charge in [-0.15, -0.1) is 0 Å². The van der Waals surface area contributed by atoms with Crippen LogP contribution in [-0.4, -0.2) is 5.78 Å². The van der Waals surface area contributed by atoms with Crippen molar-refractivity contribution in [3.05, 3.63) is 23.7 Å². The molecule has 0 aromatic carbocycles. The van der Waals surface area contributed by atoms with Crippen LogP contribution in [-0.2, 0) is 6.42 Å². The molecule has 4 saturated carbocycles. The zero-order valence-corrected chi connectivity index (χ0v) is 12.6. The molecule has 108 valence electrons. The first-order valence-electron chi connectivity index (χ1n) is 8.15. The summed E-state index contributed by atoms with van der Waals surface area (Å²) in [6.07, 6.45) is 8.23. The number of hydrogen-bond acceptors (Lipinski definition) is 2. The lowest BCUT2D eigenvalue weighted by Crippen LogP contribution is -2.53. The number of carbonyl (C=O) groups excluding carboxylic acids is 1. The molecule has 2 unspecified atom stereocenters. The minimum absolute atomic E-state index is 0.0955. The summed E-state index contributed by atoms with van der Waals surface area (Å²) in [5.41, 5.74) is 0.321. The van der Waals surface area contributed by atoms with E-state index in [1.807, 2.05) is 12.1 Å². The standard InChI is InChI=1S/C18H24O2/c1-3-14-4-5-15(20-14)16(19)18-9-12-6-13(10-18)8-17(2,7-12)11-18/h4-5,12-13H,3,6-11H2,1-2H3. The van der Waals surface area contributed by atoms with Crippen molar-refractivity contribution in [1.29, 1.82) is 0 Å². The van der Waals surface area contributed by atoms with Crippen LogP contribution in [0.15, 0.2) is 16.5 Å². The normalized spacial score (nSPS) is 42.1. The van der Waals surface area contributed by atoms with Crippen LogP contribution >= 0.6 is 0 Å². The van der Waals surface area contributed by atoms with Gasteiger partial charge in [0, 0.05) is 11.8 Å². The highest BCUT2D eigenvalue weighted by atomic mass is 16.3. The molecular weight excluding hydrogens is 248 g/mol. The molecule has 2 heteroatoms. The molecule has 4 bridgehead atoms. The Morgan fingerprint density at radius 2 is 1.95 bits per heavy atom. The fraction of sp³-hybridized carbons (Fsp3) is 0.722. The molecule has 2 nitrogen and oxygen atoms in total. The zero-order valence-electron chi connectivity index (χ0n) is 12.6. The fourth-order valence-electron chi connectivity index (χ4n) is 5.94. The number of hydrogen-bond donors (Lipinski definition) is 0. The lowest BCUT2D eigenvalue weighted by molar-refractivity contribution is -0.0828. The van der Waals surface area contributed by atoms with Crippen LogP contribution in [0.25, 0.3) is 0 Å². The van der Waals surface area contributed by atoms with E-state index in [0.717, 1.165) is 43.3 Å². The minimum Gasteiger partial charge on any atom is -0.458 e. The van der Waals surface area contributed by atoms with E-state index in [-0.39, 0.29) is 5.41 Å². The maximum Gasteiger partial charge on any atom is 0.204 e. The molecule has 1 aromatic rings. The topological polar surface area (TPSA) is 30.2 Å². The van der Waals surface area contributed by atoms with Crippen molar-refractivity contribution < 1.29 is 9.21 Å². The van der Waals surface area contributed by atoms with Gasteiger partial charge in [0.1, 0.15) is 5.76 Å². The molecule has 2 atom stereocenters. The SMILES string of the molecule is CCc1ccc(C(=O)C23CC4CC(CC(C)(C4)C2)C3)o1. The van der Waals surface area contributed by atoms with Gasteiger partial charge in [0.15, 0.2) is 5.76 Å². The largest absolute Gasteiger partial charge is 0.458 e. The molecule has 0 spiro atoms. The number of Topliss-reactive ketones (excluding diaryl/α,β-unsaturated/α-hetero) is 1. The third-order valence-electron chi connectivity index (χ3n) is 6.07. The Labute approximate surface area is 120 Å². The second kappa shape index (κ2) is 3.99. The van der Waals surface area contributed by atoms with E-state index in [4.69, 9.17) is 4.42 Å². The molecule has 4 fully saturated rings. The predicted octanol–water partition coefficient (Wildman–Crippen LogP) is 4.63. The van der Waals surface area contributed by atoms with Crippen molar-refractivity contribution in [1.82, 2.24) is 0 Å². The predicted molar refractivity (Wildman–Crippen MR) is 77.6 cm³/mol. The van der Waals surface area contributed by atoms with Gasteiger partial charge < -0.3 is 4.42 Å². The smallest absolute Gasteiger partial charge is 0.204 e. The summed E-state index contributed by atoms with van der Waals surface area (Å²) in [6, 6.07) is 3.87. The third kappa shape index (κ3) is 1.73. The van der Waals surface area contributed by atoms with Crippen molar-refractivity contribution in [3.63, 3.8) is 0 Å². The van der Waals surface area contributed by atoms with Gasteiger partial charge in [0.05, 0.1) is 0 Å². The summed E-state index contributed by atoms with van der Waals surface area (Å²) < 4.78 is 5.77. The van der Waals surface area contributed by atoms with Crippen LogP contribution in [0.4, 0.5) is 0 Å². The Morgan fingerprint density at radius 1 is 1.25 bits per heavy atom. The van der Waals surface area contributed by atoms with Gasteiger partial charge in [-0.3, -0.25) is 4.79 Å². The number of ketones is 1. The van der Waals surface area contributed by atoms with E-state index in [1.54, 1.807) is 0 Å². The Balaban J connectivity index is 1.68. The van der Waals surface area contributed by atoms with Crippen LogP contribution in [0.2, 0.25) is 0 Å². The van der Waals surface area contributed by atoms with Gasteiger partial charge in [-0.2, -0.15) is 0 Å². The quantitative estimate of drug-likeness (QED) is 0.751. The molecule has 4 aliphatic rings. The molecule has 4 aliphatic carbocycles. The first-order valence-corrected chi connectivity index (χ1v) is 8.15. The van der Waals surface area contributed by atoms with E-state index >= 15 is 0 Å². The molecule has 1 aromatic heterocycles. The van der Waals surface area contributed by atoms with Crippen molar-refractivity contribution in [3.8, 4) is 0 Å². The Kier molecular flexibility index (Phi) is 2.53.